The minimum absolute atomic E-state index is 0.0516. The first-order chi connectivity index (χ1) is 11.1. The highest BCUT2D eigenvalue weighted by atomic mass is 32.1. The number of nitrogens with zero attached hydrogens (tertiary/aromatic N) is 1. The molecule has 1 saturated heterocycles. The zero-order valence-corrected chi connectivity index (χ0v) is 13.9. The summed E-state index contributed by atoms with van der Waals surface area (Å²) in [4.78, 5) is 27.8. The molecule has 1 atom stereocenters. The molecule has 0 saturated carbocycles. The van der Waals surface area contributed by atoms with Crippen LogP contribution in [0.1, 0.15) is 30.2 Å². The monoisotopic (exact) mass is 328 g/mol. The SMILES string of the molecule is C[C@]1(C(=O)NCc2ccccc2)CCC(=O)N1Cc1cccs1. The van der Waals surface area contributed by atoms with Crippen molar-refractivity contribution in [2.45, 2.75) is 38.4 Å². The molecule has 0 unspecified atom stereocenters. The quantitative estimate of drug-likeness (QED) is 0.917. The first-order valence-corrected chi connectivity index (χ1v) is 8.62. The molecule has 120 valence electrons. The normalized spacial score (nSPS) is 20.7. The van der Waals surface area contributed by atoms with Crippen molar-refractivity contribution in [2.24, 2.45) is 0 Å². The minimum atomic E-state index is -0.768. The van der Waals surface area contributed by atoms with Crippen molar-refractivity contribution in [3.8, 4) is 0 Å². The van der Waals surface area contributed by atoms with Crippen LogP contribution in [0.25, 0.3) is 0 Å². The molecule has 1 N–H and O–H groups in total. The molecule has 0 spiro atoms. The summed E-state index contributed by atoms with van der Waals surface area (Å²) in [6.07, 6.45) is 0.998. The molecule has 1 aromatic carbocycles. The number of nitrogens with one attached hydrogen (secondary N) is 1. The molecule has 23 heavy (non-hydrogen) atoms. The summed E-state index contributed by atoms with van der Waals surface area (Å²) in [5.41, 5.74) is 0.286. The van der Waals surface area contributed by atoms with Gasteiger partial charge in [0.15, 0.2) is 0 Å². The third kappa shape index (κ3) is 3.29. The van der Waals surface area contributed by atoms with Gasteiger partial charge in [-0.15, -0.1) is 11.3 Å². The molecule has 2 heterocycles. The third-order valence-electron chi connectivity index (χ3n) is 4.40. The van der Waals surface area contributed by atoms with Crippen molar-refractivity contribution < 1.29 is 9.59 Å². The van der Waals surface area contributed by atoms with Gasteiger partial charge in [-0.3, -0.25) is 9.59 Å². The van der Waals surface area contributed by atoms with Crippen molar-refractivity contribution in [3.05, 3.63) is 58.3 Å². The lowest BCUT2D eigenvalue weighted by atomic mass is 9.97. The average Bonchev–Trinajstić information content (AvgIpc) is 3.18. The van der Waals surface area contributed by atoms with E-state index in [0.29, 0.717) is 25.9 Å². The molecule has 5 heteroatoms. The molecule has 3 rings (SSSR count). The highest BCUT2D eigenvalue weighted by Gasteiger charge is 2.47. The topological polar surface area (TPSA) is 49.4 Å². The van der Waals surface area contributed by atoms with E-state index in [4.69, 9.17) is 0 Å². The first-order valence-electron chi connectivity index (χ1n) is 7.75. The second-order valence-electron chi connectivity index (χ2n) is 6.00. The third-order valence-corrected chi connectivity index (χ3v) is 5.26. The fourth-order valence-electron chi connectivity index (χ4n) is 2.92. The number of benzene rings is 1. The zero-order valence-electron chi connectivity index (χ0n) is 13.1. The largest absolute Gasteiger partial charge is 0.350 e. The van der Waals surface area contributed by atoms with Crippen LogP contribution in [0, 0.1) is 0 Å². The Morgan fingerprint density at radius 1 is 1.26 bits per heavy atom. The van der Waals surface area contributed by atoms with Crippen LogP contribution in [-0.2, 0) is 22.7 Å². The summed E-state index contributed by atoms with van der Waals surface area (Å²) in [5, 5.41) is 4.97. The Kier molecular flexibility index (Phi) is 4.48. The standard InChI is InChI=1S/C18H20N2O2S/c1-18(17(22)19-12-14-6-3-2-4-7-14)10-9-16(21)20(18)13-15-8-5-11-23-15/h2-8,11H,9-10,12-13H2,1H3,(H,19,22)/t18-/m1/s1. The minimum Gasteiger partial charge on any atom is -0.350 e. The molecule has 1 aliphatic rings. The number of hydrogen-bond acceptors (Lipinski definition) is 3. The van der Waals surface area contributed by atoms with Crippen LogP contribution in [0.3, 0.4) is 0 Å². The van der Waals surface area contributed by atoms with Crippen LogP contribution in [0.15, 0.2) is 47.8 Å². The molecule has 0 aliphatic carbocycles. The van der Waals surface area contributed by atoms with Gasteiger partial charge < -0.3 is 10.2 Å². The Labute approximate surface area is 140 Å². The van der Waals surface area contributed by atoms with Gasteiger partial charge in [0.25, 0.3) is 0 Å². The summed E-state index contributed by atoms with van der Waals surface area (Å²) in [7, 11) is 0. The number of thiophene rings is 1. The summed E-state index contributed by atoms with van der Waals surface area (Å²) in [6.45, 7) is 2.86. The molecule has 4 nitrogen and oxygen atoms in total. The van der Waals surface area contributed by atoms with Gasteiger partial charge in [0.05, 0.1) is 6.54 Å². The number of likely N-dealkylation sites (tertiary alicyclic amines) is 1. The Balaban J connectivity index is 1.70. The lowest BCUT2D eigenvalue weighted by Crippen LogP contribution is -2.53. The van der Waals surface area contributed by atoms with E-state index >= 15 is 0 Å². The lowest BCUT2D eigenvalue weighted by Gasteiger charge is -2.33. The van der Waals surface area contributed by atoms with Crippen molar-refractivity contribution in [2.75, 3.05) is 0 Å². The highest BCUT2D eigenvalue weighted by molar-refractivity contribution is 7.09. The van der Waals surface area contributed by atoms with Crippen molar-refractivity contribution in [1.82, 2.24) is 10.2 Å². The summed E-state index contributed by atoms with van der Waals surface area (Å²) in [6, 6.07) is 13.8. The molecule has 1 aromatic heterocycles. The Hall–Kier alpha value is -2.14. The average molecular weight is 328 g/mol. The summed E-state index contributed by atoms with van der Waals surface area (Å²) < 4.78 is 0. The molecule has 1 aliphatic heterocycles. The van der Waals surface area contributed by atoms with Gasteiger partial charge in [-0.1, -0.05) is 36.4 Å². The van der Waals surface area contributed by atoms with Gasteiger partial charge in [-0.05, 0) is 30.4 Å². The number of carbonyl (C=O) groups is 2. The summed E-state index contributed by atoms with van der Waals surface area (Å²) in [5.74, 6) is -0.0282. The maximum Gasteiger partial charge on any atom is 0.245 e. The van der Waals surface area contributed by atoms with E-state index in [9.17, 15) is 9.59 Å². The van der Waals surface area contributed by atoms with Gasteiger partial charge in [0.1, 0.15) is 5.54 Å². The van der Waals surface area contributed by atoms with Gasteiger partial charge in [0, 0.05) is 17.8 Å². The van der Waals surface area contributed by atoms with Gasteiger partial charge in [0.2, 0.25) is 11.8 Å². The zero-order chi connectivity index (χ0) is 16.3. The van der Waals surface area contributed by atoms with E-state index in [0.717, 1.165) is 10.4 Å². The first kappa shape index (κ1) is 15.7. The van der Waals surface area contributed by atoms with Gasteiger partial charge in [-0.25, -0.2) is 0 Å². The Morgan fingerprint density at radius 3 is 2.74 bits per heavy atom. The molecule has 2 amide bonds. The van der Waals surface area contributed by atoms with Gasteiger partial charge >= 0.3 is 0 Å². The molecule has 0 bridgehead atoms. The smallest absolute Gasteiger partial charge is 0.245 e. The van der Waals surface area contributed by atoms with E-state index in [2.05, 4.69) is 5.32 Å². The van der Waals surface area contributed by atoms with Crippen LogP contribution < -0.4 is 5.32 Å². The predicted octanol–water partition coefficient (Wildman–Crippen LogP) is 2.95. The molecule has 0 radical (unpaired) electrons. The number of hydrogen-bond donors (Lipinski definition) is 1. The van der Waals surface area contributed by atoms with Crippen LogP contribution in [-0.4, -0.2) is 22.3 Å². The van der Waals surface area contributed by atoms with Crippen LogP contribution in [0.5, 0.6) is 0 Å². The van der Waals surface area contributed by atoms with Crippen LogP contribution in [0.2, 0.25) is 0 Å². The van der Waals surface area contributed by atoms with Crippen LogP contribution in [0.4, 0.5) is 0 Å². The van der Waals surface area contributed by atoms with E-state index in [-0.39, 0.29) is 11.8 Å². The second-order valence-corrected chi connectivity index (χ2v) is 7.03. The highest BCUT2D eigenvalue weighted by Crippen LogP contribution is 2.32. The molecule has 2 aromatic rings. The second kappa shape index (κ2) is 6.54. The molecule has 1 fully saturated rings. The van der Waals surface area contributed by atoms with Crippen LogP contribution >= 0.6 is 11.3 Å². The number of amides is 2. The maximum atomic E-state index is 12.7. The summed E-state index contributed by atoms with van der Waals surface area (Å²) >= 11 is 1.61. The lowest BCUT2D eigenvalue weighted by molar-refractivity contribution is -0.141. The fraction of sp³-hybridized carbons (Fsp3) is 0.333. The van der Waals surface area contributed by atoms with Crippen molar-refractivity contribution in [3.63, 3.8) is 0 Å². The molecular formula is C18H20N2O2S. The molecular weight excluding hydrogens is 308 g/mol. The number of rotatable bonds is 5. The van der Waals surface area contributed by atoms with E-state index in [1.54, 1.807) is 16.2 Å². The van der Waals surface area contributed by atoms with E-state index in [1.807, 2.05) is 54.8 Å². The number of carbonyl (C=O) groups excluding carboxylic acids is 2. The Morgan fingerprint density at radius 2 is 2.04 bits per heavy atom. The van der Waals surface area contributed by atoms with Gasteiger partial charge in [-0.2, -0.15) is 0 Å². The van der Waals surface area contributed by atoms with E-state index in [1.165, 1.54) is 0 Å². The predicted molar refractivity (Wildman–Crippen MR) is 90.8 cm³/mol. The van der Waals surface area contributed by atoms with E-state index < -0.39 is 5.54 Å². The van der Waals surface area contributed by atoms with Crippen molar-refractivity contribution in [1.29, 1.82) is 0 Å². The Bertz CT molecular complexity index is 684. The maximum absolute atomic E-state index is 12.7. The van der Waals surface area contributed by atoms with Crippen molar-refractivity contribution >= 4 is 23.2 Å². The fourth-order valence-corrected chi connectivity index (χ4v) is 3.61.